The summed E-state index contributed by atoms with van der Waals surface area (Å²) in [6, 6.07) is 8.54. The molecule has 1 saturated carbocycles. The Balaban J connectivity index is 1.48. The first kappa shape index (κ1) is 31.4. The lowest BCUT2D eigenvalue weighted by atomic mass is 10.0. The second-order valence-electron chi connectivity index (χ2n) is 8.99. The molecule has 3 amide bonds. The third-order valence-corrected chi connectivity index (χ3v) is 7.42. The van der Waals surface area contributed by atoms with E-state index >= 15 is 0 Å². The molecule has 0 saturated heterocycles. The second-order valence-corrected chi connectivity index (χ2v) is 10.8. The van der Waals surface area contributed by atoms with Crippen LogP contribution in [0, 0.1) is 17.6 Å². The van der Waals surface area contributed by atoms with Gasteiger partial charge in [0.15, 0.2) is 0 Å². The molecular formula is C26H15Cl3F7N3O3. The highest BCUT2D eigenvalue weighted by Crippen LogP contribution is 2.65. The summed E-state index contributed by atoms with van der Waals surface area (Å²) in [4.78, 5) is 36.7. The molecular weight excluding hydrogens is 642 g/mol. The number of hydrogen-bond acceptors (Lipinski definition) is 3. The Morgan fingerprint density at radius 3 is 2.10 bits per heavy atom. The molecule has 1 aliphatic carbocycles. The first-order valence-corrected chi connectivity index (χ1v) is 12.7. The van der Waals surface area contributed by atoms with Crippen LogP contribution < -0.4 is 16.0 Å². The van der Waals surface area contributed by atoms with Gasteiger partial charge in [-0.25, -0.2) is 8.78 Å². The van der Waals surface area contributed by atoms with E-state index in [0.29, 0.717) is 18.2 Å². The van der Waals surface area contributed by atoms with Gasteiger partial charge in [0.1, 0.15) is 16.0 Å². The highest BCUT2D eigenvalue weighted by molar-refractivity contribution is 6.53. The van der Waals surface area contributed by atoms with Crippen molar-refractivity contribution < 1.29 is 45.1 Å². The van der Waals surface area contributed by atoms with Crippen molar-refractivity contribution in [1.82, 2.24) is 0 Å². The molecule has 42 heavy (non-hydrogen) atoms. The fourth-order valence-corrected chi connectivity index (χ4v) is 5.10. The van der Waals surface area contributed by atoms with E-state index in [2.05, 4.69) is 10.6 Å². The quantitative estimate of drug-likeness (QED) is 0.181. The first-order valence-electron chi connectivity index (χ1n) is 11.6. The molecule has 2 unspecified atom stereocenters. The first-order chi connectivity index (χ1) is 19.5. The largest absolute Gasteiger partial charge is 0.419 e. The van der Waals surface area contributed by atoms with E-state index in [-0.39, 0.29) is 27.6 Å². The topological polar surface area (TPSA) is 87.3 Å². The van der Waals surface area contributed by atoms with Crippen LogP contribution in [0.3, 0.4) is 0 Å². The molecule has 3 aromatic rings. The zero-order valence-corrected chi connectivity index (χ0v) is 22.7. The molecule has 1 aliphatic rings. The van der Waals surface area contributed by atoms with Crippen LogP contribution in [0.25, 0.3) is 0 Å². The van der Waals surface area contributed by atoms with Gasteiger partial charge >= 0.3 is 12.6 Å². The Morgan fingerprint density at radius 1 is 0.833 bits per heavy atom. The van der Waals surface area contributed by atoms with Crippen LogP contribution in [-0.4, -0.2) is 28.5 Å². The van der Waals surface area contributed by atoms with Gasteiger partial charge in [0.2, 0.25) is 5.91 Å². The van der Waals surface area contributed by atoms with Crippen LogP contribution in [0.5, 0.6) is 0 Å². The lowest BCUT2D eigenvalue weighted by Crippen LogP contribution is -2.20. The molecule has 6 nitrogen and oxygen atoms in total. The molecule has 3 aromatic carbocycles. The van der Waals surface area contributed by atoms with E-state index in [0.717, 1.165) is 18.2 Å². The molecule has 0 heterocycles. The van der Waals surface area contributed by atoms with Crippen LogP contribution in [-0.2, 0) is 15.8 Å². The van der Waals surface area contributed by atoms with Gasteiger partial charge in [0.05, 0.1) is 27.8 Å². The van der Waals surface area contributed by atoms with Crippen molar-refractivity contribution >= 4 is 69.6 Å². The number of carbonyl (C=O) groups excluding carboxylic acids is 3. The van der Waals surface area contributed by atoms with E-state index in [9.17, 15) is 45.1 Å². The number of benzene rings is 3. The minimum absolute atomic E-state index is 0.0371. The summed E-state index contributed by atoms with van der Waals surface area (Å²) >= 11 is 18.5. The molecule has 0 aliphatic heterocycles. The van der Waals surface area contributed by atoms with Crippen molar-refractivity contribution in [3.63, 3.8) is 0 Å². The van der Waals surface area contributed by atoms with E-state index in [1.54, 1.807) is 5.32 Å². The predicted octanol–water partition coefficient (Wildman–Crippen LogP) is 7.62. The summed E-state index contributed by atoms with van der Waals surface area (Å²) < 4.78 is 90.6. The monoisotopic (exact) mass is 655 g/mol. The molecule has 0 bridgehead atoms. The maximum atomic E-state index is 14.5. The zero-order valence-electron chi connectivity index (χ0n) is 20.4. The average molecular weight is 657 g/mol. The summed E-state index contributed by atoms with van der Waals surface area (Å²) in [5.41, 5.74) is -2.58. The Kier molecular flexibility index (Phi) is 8.68. The minimum Gasteiger partial charge on any atom is -0.326 e. The smallest absolute Gasteiger partial charge is 0.326 e. The van der Waals surface area contributed by atoms with E-state index in [4.69, 9.17) is 34.8 Å². The van der Waals surface area contributed by atoms with Gasteiger partial charge in [0, 0.05) is 17.3 Å². The van der Waals surface area contributed by atoms with Gasteiger partial charge in [-0.3, -0.25) is 14.4 Å². The number of halogens is 10. The fraction of sp³-hybridized carbons (Fsp3) is 0.192. The van der Waals surface area contributed by atoms with E-state index in [1.807, 2.05) is 0 Å². The fourth-order valence-electron chi connectivity index (χ4n) is 4.10. The zero-order chi connectivity index (χ0) is 31.1. The molecule has 1 fully saturated rings. The van der Waals surface area contributed by atoms with Crippen LogP contribution in [0.2, 0.25) is 5.02 Å². The number of carbonyl (C=O) groups is 3. The second kappa shape index (κ2) is 11.6. The number of amides is 3. The minimum atomic E-state index is -4.99. The van der Waals surface area contributed by atoms with Gasteiger partial charge in [-0.15, -0.1) is 23.2 Å². The molecule has 4 rings (SSSR count). The maximum Gasteiger partial charge on any atom is 0.419 e. The SMILES string of the molecule is O=C(Nc1cc(NC(=O)C2C(c3ccc(F)c(C(F)(F)F)c3)C2(Cl)Cl)ccc1Cl)c1ccc(NC(=O)C(F)F)cc1F. The standard InChI is InChI=1S/C26H15Cl3F7N3O3/c27-15-5-3-12(9-18(15)39-22(40)13-4-2-11(8-17(13)31)38-24(42)21(32)33)37-23(41)20-19(25(20,28)29)10-1-6-16(30)14(7-10)26(34,35)36/h1-9,19-21H,(H,37,41)(H,38,42)(H,39,40). The maximum absolute atomic E-state index is 14.5. The van der Waals surface area contributed by atoms with Crippen LogP contribution in [0.4, 0.5) is 47.8 Å². The molecule has 2 atom stereocenters. The van der Waals surface area contributed by atoms with Gasteiger partial charge in [-0.1, -0.05) is 17.7 Å². The lowest BCUT2D eigenvalue weighted by molar-refractivity contribution is -0.140. The highest BCUT2D eigenvalue weighted by Gasteiger charge is 2.67. The number of rotatable bonds is 7. The van der Waals surface area contributed by atoms with Gasteiger partial charge in [-0.2, -0.15) is 22.0 Å². The summed E-state index contributed by atoms with van der Waals surface area (Å²) in [7, 11) is 0. The Labute approximate surface area is 247 Å². The van der Waals surface area contributed by atoms with Crippen LogP contribution >= 0.6 is 34.8 Å². The lowest BCUT2D eigenvalue weighted by Gasteiger charge is -2.12. The van der Waals surface area contributed by atoms with Crippen molar-refractivity contribution in [2.75, 3.05) is 16.0 Å². The Morgan fingerprint density at radius 2 is 1.48 bits per heavy atom. The van der Waals surface area contributed by atoms with E-state index in [1.165, 1.54) is 18.2 Å². The molecule has 16 heteroatoms. The molecule has 0 radical (unpaired) electrons. The average Bonchev–Trinajstić information content (AvgIpc) is 3.47. The van der Waals surface area contributed by atoms with Gasteiger partial charge in [-0.05, 0) is 54.1 Å². The van der Waals surface area contributed by atoms with Gasteiger partial charge in [0.25, 0.3) is 11.8 Å². The van der Waals surface area contributed by atoms with Gasteiger partial charge < -0.3 is 16.0 Å². The van der Waals surface area contributed by atoms with Crippen molar-refractivity contribution in [2.24, 2.45) is 5.92 Å². The molecule has 3 N–H and O–H groups in total. The normalized spacial score (nSPS) is 17.5. The molecule has 0 aromatic heterocycles. The Hall–Kier alpha value is -3.55. The third-order valence-electron chi connectivity index (χ3n) is 6.15. The van der Waals surface area contributed by atoms with Crippen molar-refractivity contribution in [3.05, 3.63) is 87.9 Å². The number of alkyl halides is 7. The van der Waals surface area contributed by atoms with Crippen LogP contribution in [0.15, 0.2) is 54.6 Å². The van der Waals surface area contributed by atoms with Crippen molar-refractivity contribution in [3.8, 4) is 0 Å². The molecule has 0 spiro atoms. The third kappa shape index (κ3) is 6.58. The van der Waals surface area contributed by atoms with Crippen molar-refractivity contribution in [2.45, 2.75) is 22.9 Å². The predicted molar refractivity (Wildman–Crippen MR) is 141 cm³/mol. The van der Waals surface area contributed by atoms with E-state index < -0.39 is 69.3 Å². The van der Waals surface area contributed by atoms with Crippen molar-refractivity contribution in [1.29, 1.82) is 0 Å². The Bertz CT molecular complexity index is 1580. The summed E-state index contributed by atoms with van der Waals surface area (Å²) in [6.45, 7) is 0. The highest BCUT2D eigenvalue weighted by atomic mass is 35.5. The number of anilines is 3. The summed E-state index contributed by atoms with van der Waals surface area (Å²) in [5.74, 6) is -8.51. The molecule has 222 valence electrons. The summed E-state index contributed by atoms with van der Waals surface area (Å²) in [6.07, 6.45) is -8.33. The number of nitrogens with one attached hydrogen (secondary N) is 3. The number of hydrogen-bond donors (Lipinski definition) is 3. The van der Waals surface area contributed by atoms with Crippen LogP contribution in [0.1, 0.15) is 27.4 Å². The summed E-state index contributed by atoms with van der Waals surface area (Å²) in [5, 5.41) is 6.50.